The third kappa shape index (κ3) is 4.45. The van der Waals surface area contributed by atoms with Gasteiger partial charge in [-0.3, -0.25) is 10.3 Å². The molecule has 1 fully saturated rings. The lowest BCUT2D eigenvalue weighted by molar-refractivity contribution is -0.850. The Bertz CT molecular complexity index is 585. The summed E-state index contributed by atoms with van der Waals surface area (Å²) in [6.45, 7) is 3.79. The second-order valence-electron chi connectivity index (χ2n) is 4.83. The maximum Gasteiger partial charge on any atom is 0.482 e. The van der Waals surface area contributed by atoms with Gasteiger partial charge < -0.3 is 10.4 Å². The van der Waals surface area contributed by atoms with Crippen LogP contribution in [0.15, 0.2) is 12.1 Å². The highest BCUT2D eigenvalue weighted by molar-refractivity contribution is 7.80. The first-order valence-electron chi connectivity index (χ1n) is 6.67. The Morgan fingerprint density at radius 3 is 2.48 bits per heavy atom. The Balaban J connectivity index is 0.00000220. The van der Waals surface area contributed by atoms with Crippen LogP contribution in [0.1, 0.15) is 31.9 Å². The molecule has 0 atom stereocenters. The number of anilines is 2. The van der Waals surface area contributed by atoms with Gasteiger partial charge >= 0.3 is 16.2 Å². The zero-order valence-electron chi connectivity index (χ0n) is 11.9. The summed E-state index contributed by atoms with van der Waals surface area (Å²) in [7, 11) is -4.60. The van der Waals surface area contributed by atoms with E-state index in [-0.39, 0.29) is 11.3 Å². The van der Waals surface area contributed by atoms with Crippen LogP contribution >= 0.6 is 0 Å². The number of aryl methyl sites for hydroxylation is 1. The van der Waals surface area contributed by atoms with Crippen molar-refractivity contribution < 1.29 is 27.5 Å². The van der Waals surface area contributed by atoms with Crippen molar-refractivity contribution in [2.24, 2.45) is 0 Å². The molecular formula is C12H21N3O5S. The van der Waals surface area contributed by atoms with Gasteiger partial charge in [0.05, 0.1) is 6.07 Å². The van der Waals surface area contributed by atoms with Crippen molar-refractivity contribution in [3.8, 4) is 0 Å². The van der Waals surface area contributed by atoms with Crippen LogP contribution in [-0.4, -0.2) is 31.5 Å². The highest BCUT2D eigenvalue weighted by Crippen LogP contribution is 2.21. The molecular weight excluding hydrogens is 298 g/mol. The Labute approximate surface area is 124 Å². The largest absolute Gasteiger partial charge is 0.870 e. The number of hydrogen-bond acceptors (Lipinski definition) is 6. The number of nitrogens with zero attached hydrogens (tertiary/aromatic N) is 2. The number of piperidine rings is 1. The molecule has 120 valence electrons. The van der Waals surface area contributed by atoms with E-state index < -0.39 is 10.4 Å². The molecule has 0 aromatic carbocycles. The molecule has 0 unspecified atom stereocenters. The van der Waals surface area contributed by atoms with E-state index in [0.29, 0.717) is 12.1 Å². The second-order valence-corrected chi connectivity index (χ2v) is 5.83. The summed E-state index contributed by atoms with van der Waals surface area (Å²) in [6, 6.07) is 3.50. The molecule has 1 saturated heterocycles. The van der Waals surface area contributed by atoms with Crippen LogP contribution in [0.5, 0.6) is 0 Å². The minimum absolute atomic E-state index is 0. The van der Waals surface area contributed by atoms with Crippen molar-refractivity contribution in [2.45, 2.75) is 32.6 Å². The standard InChI is InChI=1S/C12H19N3O4S.H2O/c1-2-10-8-11(14-6-4-3-5-7-14)9-12(13)15(10)19-20(16,17)18;/h8-9,13H,2-7H2,1H3,(H,16,17,18);1H2. The molecule has 21 heavy (non-hydrogen) atoms. The van der Waals surface area contributed by atoms with E-state index in [0.717, 1.165) is 36.3 Å². The fourth-order valence-electron chi connectivity index (χ4n) is 2.41. The summed E-state index contributed by atoms with van der Waals surface area (Å²) in [5, 5.41) is 0. The number of nitrogens with two attached hydrogens (primary N) is 1. The van der Waals surface area contributed by atoms with Crippen LogP contribution < -0.4 is 19.6 Å². The van der Waals surface area contributed by atoms with Crippen LogP contribution in [0, 0.1) is 0 Å². The number of pyridine rings is 1. The molecule has 2 rings (SSSR count). The number of hydrogen-bond donors (Lipinski definition) is 2. The molecule has 9 heteroatoms. The van der Waals surface area contributed by atoms with Crippen LogP contribution in [0.4, 0.5) is 11.5 Å². The molecule has 0 saturated carbocycles. The van der Waals surface area contributed by atoms with Crippen molar-refractivity contribution >= 4 is 21.9 Å². The zero-order chi connectivity index (χ0) is 14.8. The lowest BCUT2D eigenvalue weighted by Gasteiger charge is -2.28. The van der Waals surface area contributed by atoms with Crippen molar-refractivity contribution in [1.82, 2.24) is 0 Å². The molecule has 0 aliphatic carbocycles. The van der Waals surface area contributed by atoms with Gasteiger partial charge in [0.15, 0.2) is 5.69 Å². The Hall–Kier alpha value is -1.58. The average Bonchev–Trinajstić information content (AvgIpc) is 2.40. The van der Waals surface area contributed by atoms with Crippen LogP contribution in [0.2, 0.25) is 0 Å². The molecule has 8 nitrogen and oxygen atoms in total. The van der Waals surface area contributed by atoms with E-state index in [9.17, 15) is 8.42 Å². The molecule has 0 spiro atoms. The summed E-state index contributed by atoms with van der Waals surface area (Å²) < 4.78 is 35.9. The van der Waals surface area contributed by atoms with Gasteiger partial charge in [0, 0.05) is 31.3 Å². The van der Waals surface area contributed by atoms with Gasteiger partial charge in [-0.05, 0) is 24.0 Å². The molecule has 1 aromatic rings. The Kier molecular flexibility index (Phi) is 5.76. The van der Waals surface area contributed by atoms with E-state index in [2.05, 4.69) is 9.18 Å². The third-order valence-electron chi connectivity index (χ3n) is 3.36. The smallest absolute Gasteiger partial charge is 0.482 e. The summed E-state index contributed by atoms with van der Waals surface area (Å²) >= 11 is 0. The first-order valence-corrected chi connectivity index (χ1v) is 8.04. The van der Waals surface area contributed by atoms with Crippen LogP contribution in [-0.2, 0) is 16.8 Å². The Morgan fingerprint density at radius 1 is 1.33 bits per heavy atom. The van der Waals surface area contributed by atoms with E-state index in [1.807, 2.05) is 13.0 Å². The van der Waals surface area contributed by atoms with E-state index >= 15 is 0 Å². The third-order valence-corrected chi connectivity index (χ3v) is 3.70. The molecule has 1 aromatic heterocycles. The first kappa shape index (κ1) is 17.5. The predicted octanol–water partition coefficient (Wildman–Crippen LogP) is 0.164. The number of nitrogen functional groups attached to an aromatic ring is 1. The second kappa shape index (κ2) is 6.92. The average molecular weight is 319 g/mol. The fourth-order valence-corrected chi connectivity index (χ4v) is 2.78. The topological polar surface area (TPSA) is 127 Å². The van der Waals surface area contributed by atoms with Gasteiger partial charge in [-0.25, -0.2) is 0 Å². The van der Waals surface area contributed by atoms with E-state index in [4.69, 9.17) is 10.3 Å². The van der Waals surface area contributed by atoms with Gasteiger partial charge in [-0.15, -0.1) is 0 Å². The fraction of sp³-hybridized carbons (Fsp3) is 0.583. The SMILES string of the molecule is CCc1cc(N2CCCCC2)cc(N)[n+]1OS(=O)(=O)O.[OH-]. The monoisotopic (exact) mass is 319 g/mol. The summed E-state index contributed by atoms with van der Waals surface area (Å²) in [6.07, 6.45) is 4.03. The summed E-state index contributed by atoms with van der Waals surface area (Å²) in [5.74, 6) is 0.141. The van der Waals surface area contributed by atoms with Gasteiger partial charge in [0.25, 0.3) is 0 Å². The van der Waals surface area contributed by atoms with Crippen LogP contribution in [0.3, 0.4) is 0 Å². The lowest BCUT2D eigenvalue weighted by Crippen LogP contribution is -2.51. The molecule has 2 heterocycles. The van der Waals surface area contributed by atoms with Crippen molar-refractivity contribution in [3.63, 3.8) is 0 Å². The molecule has 1 aliphatic heterocycles. The maximum atomic E-state index is 10.9. The van der Waals surface area contributed by atoms with Crippen molar-refractivity contribution in [1.29, 1.82) is 0 Å². The number of rotatable bonds is 4. The molecule has 0 amide bonds. The lowest BCUT2D eigenvalue weighted by atomic mass is 10.1. The summed E-state index contributed by atoms with van der Waals surface area (Å²) in [5.41, 5.74) is 7.39. The van der Waals surface area contributed by atoms with E-state index in [1.165, 1.54) is 6.42 Å². The van der Waals surface area contributed by atoms with Crippen molar-refractivity contribution in [3.05, 3.63) is 17.8 Å². The van der Waals surface area contributed by atoms with E-state index in [1.54, 1.807) is 6.07 Å². The van der Waals surface area contributed by atoms with Gasteiger partial charge in [-0.2, -0.15) is 12.7 Å². The quantitative estimate of drug-likeness (QED) is 0.598. The minimum Gasteiger partial charge on any atom is -0.870 e. The van der Waals surface area contributed by atoms with Gasteiger partial charge in [0.2, 0.25) is 0 Å². The van der Waals surface area contributed by atoms with Crippen LogP contribution in [0.25, 0.3) is 0 Å². The maximum absolute atomic E-state index is 10.9. The normalized spacial score (nSPS) is 15.4. The highest BCUT2D eigenvalue weighted by Gasteiger charge is 2.22. The van der Waals surface area contributed by atoms with Crippen molar-refractivity contribution in [2.75, 3.05) is 23.7 Å². The molecule has 0 radical (unpaired) electrons. The molecule has 0 bridgehead atoms. The molecule has 1 aliphatic rings. The predicted molar refractivity (Wildman–Crippen MR) is 76.6 cm³/mol. The first-order chi connectivity index (χ1) is 9.40. The van der Waals surface area contributed by atoms with Gasteiger partial charge in [-0.1, -0.05) is 6.92 Å². The minimum atomic E-state index is -4.60. The Morgan fingerprint density at radius 2 is 1.95 bits per heavy atom. The zero-order valence-corrected chi connectivity index (χ0v) is 12.7. The summed E-state index contributed by atoms with van der Waals surface area (Å²) in [4.78, 5) is 2.22. The highest BCUT2D eigenvalue weighted by atomic mass is 32.3. The number of aromatic nitrogens is 1. The van der Waals surface area contributed by atoms with Gasteiger partial charge in [0.1, 0.15) is 0 Å². The molecule has 4 N–H and O–H groups in total.